The molecule has 1 fully saturated rings. The molecule has 124 valence electrons. The molecule has 7 nitrogen and oxygen atoms in total. The number of rotatable bonds is 5. The number of fused-ring (bicyclic) bond motifs is 1. The van der Waals surface area contributed by atoms with E-state index in [-0.39, 0.29) is 0 Å². The van der Waals surface area contributed by atoms with Gasteiger partial charge in [0.05, 0.1) is 24.2 Å². The van der Waals surface area contributed by atoms with Crippen LogP contribution in [0, 0.1) is 0 Å². The summed E-state index contributed by atoms with van der Waals surface area (Å²) < 4.78 is 7.34. The van der Waals surface area contributed by atoms with Crippen molar-refractivity contribution in [1.29, 1.82) is 0 Å². The lowest BCUT2D eigenvalue weighted by molar-refractivity contribution is 0.0398. The number of morpholine rings is 1. The standard InChI is InChI=1S/C17H20N6O/c1-2-4-15-14(3-1)20-13-23(15)16-5-6-18-17(21-16)19-7-8-22-9-11-24-12-10-22/h1-6,13H,7-12H2,(H,18,19,21). The topological polar surface area (TPSA) is 68.1 Å². The van der Waals surface area contributed by atoms with Gasteiger partial charge in [-0.25, -0.2) is 9.97 Å². The zero-order valence-electron chi connectivity index (χ0n) is 13.4. The second kappa shape index (κ2) is 6.94. The Kier molecular flexibility index (Phi) is 4.35. The van der Waals surface area contributed by atoms with E-state index in [1.807, 2.05) is 34.9 Å². The van der Waals surface area contributed by atoms with E-state index in [1.165, 1.54) is 0 Å². The third kappa shape index (κ3) is 3.22. The number of ether oxygens (including phenoxy) is 1. The van der Waals surface area contributed by atoms with Crippen LogP contribution in [0.5, 0.6) is 0 Å². The van der Waals surface area contributed by atoms with Crippen molar-refractivity contribution in [3.8, 4) is 5.82 Å². The average Bonchev–Trinajstić information content (AvgIpc) is 3.07. The lowest BCUT2D eigenvalue weighted by Crippen LogP contribution is -2.39. The maximum absolute atomic E-state index is 5.36. The summed E-state index contributed by atoms with van der Waals surface area (Å²) >= 11 is 0. The van der Waals surface area contributed by atoms with E-state index in [4.69, 9.17) is 4.74 Å². The number of nitrogens with one attached hydrogen (secondary N) is 1. The summed E-state index contributed by atoms with van der Waals surface area (Å²) in [6.45, 7) is 5.39. The minimum Gasteiger partial charge on any atom is -0.379 e. The molecule has 0 spiro atoms. The molecule has 0 atom stereocenters. The second-order valence-electron chi connectivity index (χ2n) is 5.72. The molecule has 24 heavy (non-hydrogen) atoms. The van der Waals surface area contributed by atoms with E-state index in [1.54, 1.807) is 12.5 Å². The van der Waals surface area contributed by atoms with Crippen LogP contribution in [0.15, 0.2) is 42.9 Å². The number of nitrogens with zero attached hydrogens (tertiary/aromatic N) is 5. The summed E-state index contributed by atoms with van der Waals surface area (Å²) in [4.78, 5) is 15.7. The van der Waals surface area contributed by atoms with Gasteiger partial charge in [0.15, 0.2) is 0 Å². The van der Waals surface area contributed by atoms with Gasteiger partial charge in [-0.15, -0.1) is 0 Å². The highest BCUT2D eigenvalue weighted by atomic mass is 16.5. The molecule has 3 heterocycles. The van der Waals surface area contributed by atoms with Crippen molar-refractivity contribution in [1.82, 2.24) is 24.4 Å². The summed E-state index contributed by atoms with van der Waals surface area (Å²) in [5, 5.41) is 3.30. The van der Waals surface area contributed by atoms with E-state index in [0.717, 1.165) is 56.2 Å². The highest BCUT2D eigenvalue weighted by Gasteiger charge is 2.10. The normalized spacial score (nSPS) is 15.7. The van der Waals surface area contributed by atoms with Crippen molar-refractivity contribution in [2.45, 2.75) is 0 Å². The van der Waals surface area contributed by atoms with Gasteiger partial charge < -0.3 is 10.1 Å². The monoisotopic (exact) mass is 324 g/mol. The summed E-state index contributed by atoms with van der Waals surface area (Å²) in [5.74, 6) is 1.45. The predicted molar refractivity (Wildman–Crippen MR) is 92.4 cm³/mol. The number of hydrogen-bond donors (Lipinski definition) is 1. The zero-order valence-corrected chi connectivity index (χ0v) is 13.4. The summed E-state index contributed by atoms with van der Waals surface area (Å²) in [6.07, 6.45) is 3.57. The maximum Gasteiger partial charge on any atom is 0.224 e. The van der Waals surface area contributed by atoms with Crippen molar-refractivity contribution in [3.63, 3.8) is 0 Å². The molecule has 1 aliphatic rings. The number of para-hydroxylation sites is 2. The molecule has 1 saturated heterocycles. The molecular weight excluding hydrogens is 304 g/mol. The van der Waals surface area contributed by atoms with Crippen LogP contribution in [0.2, 0.25) is 0 Å². The van der Waals surface area contributed by atoms with Crippen LogP contribution < -0.4 is 5.32 Å². The van der Waals surface area contributed by atoms with Gasteiger partial charge in [-0.1, -0.05) is 12.1 Å². The molecule has 0 aliphatic carbocycles. The maximum atomic E-state index is 5.36. The average molecular weight is 324 g/mol. The molecular formula is C17H20N6O. The Morgan fingerprint density at radius 2 is 1.96 bits per heavy atom. The fraction of sp³-hybridized carbons (Fsp3) is 0.353. The fourth-order valence-electron chi connectivity index (χ4n) is 2.86. The van der Waals surface area contributed by atoms with Crippen LogP contribution in [0.4, 0.5) is 5.95 Å². The molecule has 0 radical (unpaired) electrons. The van der Waals surface area contributed by atoms with E-state index < -0.39 is 0 Å². The highest BCUT2D eigenvalue weighted by Crippen LogP contribution is 2.16. The van der Waals surface area contributed by atoms with Crippen molar-refractivity contribution in [3.05, 3.63) is 42.9 Å². The Labute approximate surface area is 140 Å². The second-order valence-corrected chi connectivity index (χ2v) is 5.72. The fourth-order valence-corrected chi connectivity index (χ4v) is 2.86. The van der Waals surface area contributed by atoms with Crippen molar-refractivity contribution in [2.24, 2.45) is 0 Å². The molecule has 1 aliphatic heterocycles. The Morgan fingerprint density at radius 3 is 2.88 bits per heavy atom. The molecule has 0 saturated carbocycles. The molecule has 4 rings (SSSR count). The van der Waals surface area contributed by atoms with Gasteiger partial charge in [-0.05, 0) is 18.2 Å². The summed E-state index contributed by atoms with van der Waals surface area (Å²) in [6, 6.07) is 9.91. The molecule has 7 heteroatoms. The van der Waals surface area contributed by atoms with Crippen LogP contribution in [0.3, 0.4) is 0 Å². The van der Waals surface area contributed by atoms with Crippen molar-refractivity contribution >= 4 is 17.0 Å². The van der Waals surface area contributed by atoms with Crippen LogP contribution in [0.25, 0.3) is 16.9 Å². The molecule has 1 aromatic carbocycles. The first-order chi connectivity index (χ1) is 11.9. The van der Waals surface area contributed by atoms with Gasteiger partial charge in [-0.3, -0.25) is 9.47 Å². The Balaban J connectivity index is 1.45. The van der Waals surface area contributed by atoms with E-state index in [0.29, 0.717) is 5.95 Å². The lowest BCUT2D eigenvalue weighted by Gasteiger charge is -2.26. The SMILES string of the molecule is c1ccc2c(c1)ncn2-c1ccnc(NCCN2CCOCC2)n1. The van der Waals surface area contributed by atoms with Crippen molar-refractivity contribution < 1.29 is 4.74 Å². The lowest BCUT2D eigenvalue weighted by atomic mass is 10.3. The summed E-state index contributed by atoms with van der Waals surface area (Å²) in [5.41, 5.74) is 1.99. The van der Waals surface area contributed by atoms with Gasteiger partial charge in [0, 0.05) is 32.4 Å². The Bertz CT molecular complexity index is 811. The minimum absolute atomic E-state index is 0.638. The van der Waals surface area contributed by atoms with Crippen LogP contribution in [-0.4, -0.2) is 63.8 Å². The Hall–Kier alpha value is -2.51. The quantitative estimate of drug-likeness (QED) is 0.768. The smallest absolute Gasteiger partial charge is 0.224 e. The number of imidazole rings is 1. The summed E-state index contributed by atoms with van der Waals surface area (Å²) in [7, 11) is 0. The molecule has 3 aromatic rings. The largest absolute Gasteiger partial charge is 0.379 e. The number of hydrogen-bond acceptors (Lipinski definition) is 6. The number of benzene rings is 1. The zero-order chi connectivity index (χ0) is 16.2. The molecule has 0 unspecified atom stereocenters. The number of aromatic nitrogens is 4. The van der Waals surface area contributed by atoms with Crippen LogP contribution in [0.1, 0.15) is 0 Å². The van der Waals surface area contributed by atoms with Gasteiger partial charge in [0.1, 0.15) is 12.1 Å². The third-order valence-electron chi connectivity index (χ3n) is 4.16. The first-order valence-electron chi connectivity index (χ1n) is 8.20. The van der Waals surface area contributed by atoms with E-state index in [2.05, 4.69) is 25.2 Å². The molecule has 0 bridgehead atoms. The van der Waals surface area contributed by atoms with Gasteiger partial charge >= 0.3 is 0 Å². The molecule has 0 amide bonds. The molecule has 1 N–H and O–H groups in total. The van der Waals surface area contributed by atoms with Gasteiger partial charge in [0.25, 0.3) is 0 Å². The molecule has 2 aromatic heterocycles. The highest BCUT2D eigenvalue weighted by molar-refractivity contribution is 5.76. The Morgan fingerprint density at radius 1 is 1.08 bits per heavy atom. The number of anilines is 1. The minimum atomic E-state index is 0.638. The first kappa shape index (κ1) is 15.0. The van der Waals surface area contributed by atoms with E-state index in [9.17, 15) is 0 Å². The van der Waals surface area contributed by atoms with Crippen LogP contribution >= 0.6 is 0 Å². The van der Waals surface area contributed by atoms with Crippen LogP contribution in [-0.2, 0) is 4.74 Å². The first-order valence-corrected chi connectivity index (χ1v) is 8.20. The van der Waals surface area contributed by atoms with Gasteiger partial charge in [-0.2, -0.15) is 4.98 Å². The predicted octanol–water partition coefficient (Wildman–Crippen LogP) is 1.56. The van der Waals surface area contributed by atoms with E-state index >= 15 is 0 Å². The third-order valence-corrected chi connectivity index (χ3v) is 4.16. The van der Waals surface area contributed by atoms with Gasteiger partial charge in [0.2, 0.25) is 5.95 Å². The van der Waals surface area contributed by atoms with Crippen molar-refractivity contribution in [2.75, 3.05) is 44.7 Å².